The highest BCUT2D eigenvalue weighted by Crippen LogP contribution is 2.37. The van der Waals surface area contributed by atoms with Crippen LogP contribution in [0.2, 0.25) is 5.28 Å². The Balaban J connectivity index is 2.17. The molecule has 20 heavy (non-hydrogen) atoms. The summed E-state index contributed by atoms with van der Waals surface area (Å²) in [4.78, 5) is 22.5. The maximum Gasteiger partial charge on any atom is 0.246 e. The standard InChI is InChI=1S/C13H10ClFN4O/c1-18-9-4-2-3-5-10(9)19(7-11(18)20)12-8(15)6-16-13(14)17-12/h2-6H,7H2,1H3. The summed E-state index contributed by atoms with van der Waals surface area (Å²) in [5, 5.41) is -0.0646. The van der Waals surface area contributed by atoms with Gasteiger partial charge in [-0.3, -0.25) is 4.79 Å². The van der Waals surface area contributed by atoms with Crippen molar-refractivity contribution in [2.75, 3.05) is 23.4 Å². The van der Waals surface area contributed by atoms with E-state index in [0.717, 1.165) is 6.20 Å². The molecule has 0 saturated heterocycles. The number of amides is 1. The molecule has 0 bridgehead atoms. The van der Waals surface area contributed by atoms with Crippen LogP contribution in [0.1, 0.15) is 0 Å². The molecule has 2 aromatic rings. The average Bonchev–Trinajstić information content (AvgIpc) is 2.46. The van der Waals surface area contributed by atoms with Gasteiger partial charge in [0.05, 0.1) is 17.6 Å². The number of anilines is 3. The largest absolute Gasteiger partial charge is 0.312 e. The molecule has 7 heteroatoms. The molecule has 1 aromatic heterocycles. The van der Waals surface area contributed by atoms with Gasteiger partial charge in [0.25, 0.3) is 0 Å². The predicted octanol–water partition coefficient (Wildman–Crippen LogP) is 2.38. The zero-order valence-electron chi connectivity index (χ0n) is 10.5. The van der Waals surface area contributed by atoms with Crippen LogP contribution in [0, 0.1) is 5.82 Å². The molecule has 0 radical (unpaired) electrons. The topological polar surface area (TPSA) is 49.3 Å². The molecule has 102 valence electrons. The third-order valence-corrected chi connectivity index (χ3v) is 3.34. The van der Waals surface area contributed by atoms with Crippen molar-refractivity contribution in [3.63, 3.8) is 0 Å². The van der Waals surface area contributed by atoms with Crippen LogP contribution in [0.15, 0.2) is 30.5 Å². The number of hydrogen-bond donors (Lipinski definition) is 0. The van der Waals surface area contributed by atoms with Crippen molar-refractivity contribution < 1.29 is 9.18 Å². The number of hydrogen-bond acceptors (Lipinski definition) is 4. The minimum atomic E-state index is -0.624. The molecule has 5 nitrogen and oxygen atoms in total. The smallest absolute Gasteiger partial charge is 0.246 e. The summed E-state index contributed by atoms with van der Waals surface area (Å²) in [6.07, 6.45) is 0.996. The van der Waals surface area contributed by atoms with E-state index in [1.807, 2.05) is 12.1 Å². The highest BCUT2D eigenvalue weighted by molar-refractivity contribution is 6.28. The van der Waals surface area contributed by atoms with Crippen molar-refractivity contribution in [1.82, 2.24) is 9.97 Å². The van der Waals surface area contributed by atoms with E-state index in [2.05, 4.69) is 9.97 Å². The van der Waals surface area contributed by atoms with Crippen molar-refractivity contribution in [2.24, 2.45) is 0 Å². The summed E-state index contributed by atoms with van der Waals surface area (Å²) in [6.45, 7) is -0.00221. The quantitative estimate of drug-likeness (QED) is 0.757. The van der Waals surface area contributed by atoms with Crippen LogP contribution in [0.5, 0.6) is 0 Å². The maximum absolute atomic E-state index is 13.9. The number of fused-ring (bicyclic) bond motifs is 1. The lowest BCUT2D eigenvalue weighted by molar-refractivity contribution is -0.117. The number of benzene rings is 1. The zero-order chi connectivity index (χ0) is 14.3. The van der Waals surface area contributed by atoms with Gasteiger partial charge in [0.2, 0.25) is 11.2 Å². The molecule has 3 rings (SSSR count). The van der Waals surface area contributed by atoms with Crippen molar-refractivity contribution in [1.29, 1.82) is 0 Å². The van der Waals surface area contributed by atoms with E-state index in [1.165, 1.54) is 9.80 Å². The molecule has 1 aliphatic rings. The van der Waals surface area contributed by atoms with Gasteiger partial charge in [-0.05, 0) is 23.7 Å². The number of aromatic nitrogens is 2. The van der Waals surface area contributed by atoms with Gasteiger partial charge in [0, 0.05) is 7.05 Å². The van der Waals surface area contributed by atoms with E-state index in [0.29, 0.717) is 11.4 Å². The molecule has 0 N–H and O–H groups in total. The third kappa shape index (κ3) is 1.98. The molecule has 0 atom stereocenters. The summed E-state index contributed by atoms with van der Waals surface area (Å²) in [6, 6.07) is 7.22. The number of carbonyl (C=O) groups is 1. The number of carbonyl (C=O) groups excluding carboxylic acids is 1. The Hall–Kier alpha value is -2.21. The van der Waals surface area contributed by atoms with Gasteiger partial charge in [-0.15, -0.1) is 0 Å². The second-order valence-corrected chi connectivity index (χ2v) is 4.68. The fraction of sp³-hybridized carbons (Fsp3) is 0.154. The molecular formula is C13H10ClFN4O. The van der Waals surface area contributed by atoms with Gasteiger partial charge in [0.15, 0.2) is 11.6 Å². The molecule has 1 aromatic carbocycles. The molecular weight excluding hydrogens is 283 g/mol. The number of halogens is 2. The fourth-order valence-corrected chi connectivity index (χ4v) is 2.28. The van der Waals surface area contributed by atoms with E-state index >= 15 is 0 Å². The van der Waals surface area contributed by atoms with E-state index in [1.54, 1.807) is 19.2 Å². The highest BCUT2D eigenvalue weighted by atomic mass is 35.5. The van der Waals surface area contributed by atoms with E-state index in [9.17, 15) is 9.18 Å². The van der Waals surface area contributed by atoms with Crippen molar-refractivity contribution in [3.05, 3.63) is 41.6 Å². The highest BCUT2D eigenvalue weighted by Gasteiger charge is 2.29. The lowest BCUT2D eigenvalue weighted by Crippen LogP contribution is -2.42. The minimum Gasteiger partial charge on any atom is -0.312 e. The summed E-state index contributed by atoms with van der Waals surface area (Å²) in [5.41, 5.74) is 1.39. The van der Waals surface area contributed by atoms with Crippen molar-refractivity contribution in [3.8, 4) is 0 Å². The number of rotatable bonds is 1. The Morgan fingerprint density at radius 1 is 1.30 bits per heavy atom. The number of para-hydroxylation sites is 2. The summed E-state index contributed by atoms with van der Waals surface area (Å²) >= 11 is 5.72. The van der Waals surface area contributed by atoms with Crippen LogP contribution in [0.4, 0.5) is 21.6 Å². The second-order valence-electron chi connectivity index (χ2n) is 4.34. The molecule has 2 heterocycles. The Morgan fingerprint density at radius 3 is 2.75 bits per heavy atom. The SMILES string of the molecule is CN1C(=O)CN(c2nc(Cl)ncc2F)c2ccccc21. The van der Waals surface area contributed by atoms with Crippen molar-refractivity contribution >= 4 is 34.7 Å². The molecule has 0 aliphatic carbocycles. The Morgan fingerprint density at radius 2 is 2.00 bits per heavy atom. The predicted molar refractivity (Wildman–Crippen MR) is 73.9 cm³/mol. The third-order valence-electron chi connectivity index (χ3n) is 3.15. The van der Waals surface area contributed by atoms with Crippen LogP contribution >= 0.6 is 11.6 Å². The Bertz CT molecular complexity index is 694. The fourth-order valence-electron chi connectivity index (χ4n) is 2.15. The van der Waals surface area contributed by atoms with Gasteiger partial charge < -0.3 is 9.80 Å². The molecule has 0 fully saturated rings. The Labute approximate surface area is 119 Å². The molecule has 0 spiro atoms. The summed E-state index contributed by atoms with van der Waals surface area (Å²) in [5.74, 6) is -0.779. The normalized spacial score (nSPS) is 14.4. The number of likely N-dealkylation sites (N-methyl/N-ethyl adjacent to an activating group) is 1. The lowest BCUT2D eigenvalue weighted by Gasteiger charge is -2.34. The van der Waals surface area contributed by atoms with Crippen LogP contribution < -0.4 is 9.80 Å². The molecule has 0 saturated carbocycles. The van der Waals surface area contributed by atoms with Crippen LogP contribution in [-0.4, -0.2) is 29.5 Å². The summed E-state index contributed by atoms with van der Waals surface area (Å²) < 4.78 is 13.9. The van der Waals surface area contributed by atoms with Crippen LogP contribution in [0.3, 0.4) is 0 Å². The van der Waals surface area contributed by atoms with Crippen molar-refractivity contribution in [2.45, 2.75) is 0 Å². The van der Waals surface area contributed by atoms with Gasteiger partial charge >= 0.3 is 0 Å². The zero-order valence-corrected chi connectivity index (χ0v) is 11.3. The van der Waals surface area contributed by atoms with E-state index < -0.39 is 5.82 Å². The monoisotopic (exact) mass is 292 g/mol. The average molecular weight is 293 g/mol. The number of nitrogens with zero attached hydrogens (tertiary/aromatic N) is 4. The van der Waals surface area contributed by atoms with Crippen LogP contribution in [-0.2, 0) is 4.79 Å². The van der Waals surface area contributed by atoms with Gasteiger partial charge in [-0.1, -0.05) is 12.1 Å². The Kier molecular flexibility index (Phi) is 3.02. The first-order valence-electron chi connectivity index (χ1n) is 5.89. The van der Waals surface area contributed by atoms with E-state index in [-0.39, 0.29) is 23.6 Å². The molecule has 1 amide bonds. The first-order valence-corrected chi connectivity index (χ1v) is 6.27. The lowest BCUT2D eigenvalue weighted by atomic mass is 10.1. The first-order chi connectivity index (χ1) is 9.58. The van der Waals surface area contributed by atoms with E-state index in [4.69, 9.17) is 11.6 Å². The maximum atomic E-state index is 13.9. The second kappa shape index (κ2) is 4.72. The molecule has 0 unspecified atom stereocenters. The van der Waals surface area contributed by atoms with Gasteiger partial charge in [-0.2, -0.15) is 4.98 Å². The van der Waals surface area contributed by atoms with Crippen LogP contribution in [0.25, 0.3) is 0 Å². The molecule has 1 aliphatic heterocycles. The first kappa shape index (κ1) is 12.8. The van der Waals surface area contributed by atoms with Gasteiger partial charge in [-0.25, -0.2) is 9.37 Å². The summed E-state index contributed by atoms with van der Waals surface area (Å²) in [7, 11) is 1.68. The minimum absolute atomic E-state index is 0.00102. The van der Waals surface area contributed by atoms with Gasteiger partial charge in [0.1, 0.15) is 6.54 Å².